The number of esters is 1. The topological polar surface area (TPSA) is 70.4 Å². The molecule has 1 saturated heterocycles. The van der Waals surface area contributed by atoms with Crippen molar-refractivity contribution < 1.29 is 14.3 Å². The molecule has 19 heavy (non-hydrogen) atoms. The van der Waals surface area contributed by atoms with Gasteiger partial charge in [-0.1, -0.05) is 23.4 Å². The maximum Gasteiger partial charge on any atom is 0.331 e. The van der Waals surface area contributed by atoms with E-state index < -0.39 is 5.97 Å². The summed E-state index contributed by atoms with van der Waals surface area (Å²) >= 11 is 7.06. The van der Waals surface area contributed by atoms with E-state index in [4.69, 9.17) is 21.6 Å². The monoisotopic (exact) mass is 296 g/mol. The lowest BCUT2D eigenvalue weighted by Crippen LogP contribution is -2.32. The zero-order valence-corrected chi connectivity index (χ0v) is 11.3. The average molecular weight is 297 g/mol. The number of thioether (sulfide) groups is 1. The van der Waals surface area contributed by atoms with Crippen LogP contribution in [0.3, 0.4) is 0 Å². The number of amides is 1. The molecule has 1 amide bonds. The highest BCUT2D eigenvalue weighted by Crippen LogP contribution is 2.25. The molecule has 1 aliphatic rings. The van der Waals surface area contributed by atoms with Crippen LogP contribution in [0.1, 0.15) is 5.56 Å². The van der Waals surface area contributed by atoms with Crippen molar-refractivity contribution in [2.24, 2.45) is 0 Å². The molecule has 0 N–H and O–H groups in total. The Labute approximate surface area is 119 Å². The molecule has 7 heteroatoms. The van der Waals surface area contributed by atoms with Crippen molar-refractivity contribution in [3.8, 4) is 11.8 Å². The van der Waals surface area contributed by atoms with Crippen LogP contribution in [-0.2, 0) is 4.79 Å². The number of hydrogen-bond acceptors (Lipinski definition) is 5. The van der Waals surface area contributed by atoms with E-state index in [9.17, 15) is 9.59 Å². The number of carbonyl (C=O) groups excluding carboxylic acids is 2. The molecule has 1 fully saturated rings. The summed E-state index contributed by atoms with van der Waals surface area (Å²) in [7, 11) is 0. The van der Waals surface area contributed by atoms with E-state index in [-0.39, 0.29) is 22.6 Å². The van der Waals surface area contributed by atoms with Gasteiger partial charge in [0.15, 0.2) is 0 Å². The van der Waals surface area contributed by atoms with Crippen LogP contribution in [-0.4, -0.2) is 35.0 Å². The molecular formula is C12H9ClN2O3S. The van der Waals surface area contributed by atoms with E-state index in [1.807, 2.05) is 6.07 Å². The van der Waals surface area contributed by atoms with E-state index in [1.165, 1.54) is 34.9 Å². The van der Waals surface area contributed by atoms with Gasteiger partial charge in [0.05, 0.1) is 16.7 Å². The summed E-state index contributed by atoms with van der Waals surface area (Å²) in [6, 6.07) is 6.31. The van der Waals surface area contributed by atoms with Crippen molar-refractivity contribution in [1.82, 2.24) is 4.90 Å². The van der Waals surface area contributed by atoms with Crippen LogP contribution in [0.25, 0.3) is 0 Å². The number of rotatable bonds is 3. The van der Waals surface area contributed by atoms with Crippen molar-refractivity contribution in [1.29, 1.82) is 5.26 Å². The second-order valence-electron chi connectivity index (χ2n) is 3.77. The Bertz CT molecular complexity index is 571. The lowest BCUT2D eigenvalue weighted by atomic mass is 10.2. The molecule has 0 saturated carbocycles. The molecule has 2 rings (SSSR count). The second kappa shape index (κ2) is 5.95. The maximum atomic E-state index is 11.7. The number of hydrogen-bond donors (Lipinski definition) is 0. The van der Waals surface area contributed by atoms with Crippen molar-refractivity contribution in [3.05, 3.63) is 28.8 Å². The van der Waals surface area contributed by atoms with Crippen LogP contribution in [0.15, 0.2) is 18.2 Å². The van der Waals surface area contributed by atoms with Gasteiger partial charge in [0.2, 0.25) is 0 Å². The zero-order valence-electron chi connectivity index (χ0n) is 9.76. The predicted octanol–water partition coefficient (Wildman–Crippen LogP) is 2.29. The van der Waals surface area contributed by atoms with Gasteiger partial charge in [-0.3, -0.25) is 4.79 Å². The summed E-state index contributed by atoms with van der Waals surface area (Å²) in [5, 5.41) is 8.76. The van der Waals surface area contributed by atoms with Crippen LogP contribution in [0.2, 0.25) is 5.02 Å². The normalized spacial score (nSPS) is 14.3. The van der Waals surface area contributed by atoms with Gasteiger partial charge < -0.3 is 9.64 Å². The summed E-state index contributed by atoms with van der Waals surface area (Å²) in [5.41, 5.74) is 0.385. The molecule has 0 spiro atoms. The first-order valence-corrected chi connectivity index (χ1v) is 6.78. The van der Waals surface area contributed by atoms with Gasteiger partial charge in [-0.05, 0) is 18.2 Å². The SMILES string of the molecule is N#Cc1ccc(OC(=O)CN2CCSC2=O)c(Cl)c1. The molecule has 0 unspecified atom stereocenters. The van der Waals surface area contributed by atoms with E-state index in [2.05, 4.69) is 0 Å². The van der Waals surface area contributed by atoms with Crippen LogP contribution in [0, 0.1) is 11.3 Å². The number of nitriles is 1. The quantitative estimate of drug-likeness (QED) is 0.632. The van der Waals surface area contributed by atoms with Gasteiger partial charge >= 0.3 is 5.97 Å². The van der Waals surface area contributed by atoms with Crippen LogP contribution in [0.4, 0.5) is 4.79 Å². The molecule has 1 aromatic carbocycles. The Hall–Kier alpha value is -1.71. The van der Waals surface area contributed by atoms with Crippen molar-refractivity contribution in [3.63, 3.8) is 0 Å². The fourth-order valence-electron chi connectivity index (χ4n) is 1.53. The molecular weight excluding hydrogens is 288 g/mol. The molecule has 1 aliphatic heterocycles. The Balaban J connectivity index is 1.99. The first-order chi connectivity index (χ1) is 9.10. The molecule has 0 bridgehead atoms. The fourth-order valence-corrected chi connectivity index (χ4v) is 2.58. The maximum absolute atomic E-state index is 11.7. The minimum Gasteiger partial charge on any atom is -0.424 e. The van der Waals surface area contributed by atoms with E-state index in [1.54, 1.807) is 0 Å². The van der Waals surface area contributed by atoms with Gasteiger partial charge in [-0.25, -0.2) is 4.79 Å². The molecule has 0 aromatic heterocycles. The van der Waals surface area contributed by atoms with Crippen LogP contribution < -0.4 is 4.74 Å². The highest BCUT2D eigenvalue weighted by molar-refractivity contribution is 8.13. The molecule has 0 radical (unpaired) electrons. The van der Waals surface area contributed by atoms with E-state index >= 15 is 0 Å². The van der Waals surface area contributed by atoms with Crippen molar-refractivity contribution in [2.45, 2.75) is 0 Å². The molecule has 98 valence electrons. The van der Waals surface area contributed by atoms with Crippen LogP contribution >= 0.6 is 23.4 Å². The molecule has 1 heterocycles. The Morgan fingerprint density at radius 3 is 2.95 bits per heavy atom. The summed E-state index contributed by atoms with van der Waals surface area (Å²) < 4.78 is 5.07. The molecule has 1 aromatic rings. The Morgan fingerprint density at radius 2 is 2.37 bits per heavy atom. The van der Waals surface area contributed by atoms with Gasteiger partial charge in [-0.2, -0.15) is 5.26 Å². The first-order valence-electron chi connectivity index (χ1n) is 5.42. The minimum absolute atomic E-state index is 0.0951. The third-order valence-corrected chi connectivity index (χ3v) is 3.64. The highest BCUT2D eigenvalue weighted by Gasteiger charge is 2.24. The standard InChI is InChI=1S/C12H9ClN2O3S/c13-9-5-8(6-14)1-2-10(9)18-11(16)7-15-3-4-19-12(15)17/h1-2,5H,3-4,7H2. The number of benzene rings is 1. The largest absolute Gasteiger partial charge is 0.424 e. The molecule has 0 atom stereocenters. The number of halogens is 1. The first kappa shape index (κ1) is 13.7. The third-order valence-electron chi connectivity index (χ3n) is 2.45. The lowest BCUT2D eigenvalue weighted by Gasteiger charge is -2.13. The van der Waals surface area contributed by atoms with E-state index in [0.717, 1.165) is 0 Å². The number of carbonyl (C=O) groups is 2. The van der Waals surface area contributed by atoms with Crippen molar-refractivity contribution >= 4 is 34.6 Å². The Kier molecular flexibility index (Phi) is 4.30. The van der Waals surface area contributed by atoms with Gasteiger partial charge in [-0.15, -0.1) is 0 Å². The fraction of sp³-hybridized carbons (Fsp3) is 0.250. The summed E-state index contributed by atoms with van der Waals surface area (Å²) in [6.07, 6.45) is 0. The Morgan fingerprint density at radius 1 is 1.58 bits per heavy atom. The summed E-state index contributed by atoms with van der Waals surface area (Å²) in [6.45, 7) is 0.446. The van der Waals surface area contributed by atoms with Gasteiger partial charge in [0.1, 0.15) is 12.3 Å². The number of nitrogens with zero attached hydrogens (tertiary/aromatic N) is 2. The summed E-state index contributed by atoms with van der Waals surface area (Å²) in [4.78, 5) is 24.4. The third kappa shape index (κ3) is 3.40. The predicted molar refractivity (Wildman–Crippen MR) is 71.2 cm³/mol. The van der Waals surface area contributed by atoms with Gasteiger partial charge in [0.25, 0.3) is 5.24 Å². The van der Waals surface area contributed by atoms with Crippen molar-refractivity contribution in [2.75, 3.05) is 18.8 Å². The minimum atomic E-state index is -0.553. The zero-order chi connectivity index (χ0) is 13.8. The van der Waals surface area contributed by atoms with Crippen LogP contribution in [0.5, 0.6) is 5.75 Å². The second-order valence-corrected chi connectivity index (χ2v) is 5.22. The average Bonchev–Trinajstić information content (AvgIpc) is 2.77. The van der Waals surface area contributed by atoms with Gasteiger partial charge in [0, 0.05) is 12.3 Å². The highest BCUT2D eigenvalue weighted by atomic mass is 35.5. The smallest absolute Gasteiger partial charge is 0.331 e. The molecule has 0 aliphatic carbocycles. The lowest BCUT2D eigenvalue weighted by molar-refractivity contribution is -0.134. The number of ether oxygens (including phenoxy) is 1. The molecule has 5 nitrogen and oxygen atoms in total. The summed E-state index contributed by atoms with van der Waals surface area (Å²) in [5.74, 6) is 0.316. The van der Waals surface area contributed by atoms with E-state index in [0.29, 0.717) is 17.9 Å².